The Morgan fingerprint density at radius 3 is 2.50 bits per heavy atom. The molecule has 0 aliphatic heterocycles. The van der Waals surface area contributed by atoms with Gasteiger partial charge in [-0.2, -0.15) is 0 Å². The van der Waals surface area contributed by atoms with Gasteiger partial charge in [-0.25, -0.2) is 13.1 Å². The van der Waals surface area contributed by atoms with Gasteiger partial charge in [0, 0.05) is 11.0 Å². The highest BCUT2D eigenvalue weighted by Gasteiger charge is 2.20. The molecule has 1 N–H and O–H groups in total. The predicted molar refractivity (Wildman–Crippen MR) is 71.2 cm³/mol. The Bertz CT molecular complexity index is 439. The van der Waals surface area contributed by atoms with Gasteiger partial charge in [-0.3, -0.25) is 0 Å². The van der Waals surface area contributed by atoms with Gasteiger partial charge in [-0.1, -0.05) is 20.8 Å². The lowest BCUT2D eigenvalue weighted by Gasteiger charge is -2.15. The first-order chi connectivity index (χ1) is 7.34. The zero-order valence-corrected chi connectivity index (χ0v) is 12.7. The molecule has 0 bridgehead atoms. The maximum absolute atomic E-state index is 11.9. The molecule has 1 unspecified atom stereocenters. The number of rotatable bonds is 5. The topological polar surface area (TPSA) is 46.2 Å². The van der Waals surface area contributed by atoms with Gasteiger partial charge in [-0.15, -0.1) is 11.3 Å². The minimum atomic E-state index is -3.35. The molecule has 1 aromatic rings. The normalized spacial score (nSPS) is 14.3. The predicted octanol–water partition coefficient (Wildman–Crippen LogP) is 3.08. The molecule has 92 valence electrons. The van der Waals surface area contributed by atoms with Crippen molar-refractivity contribution in [3.05, 3.63) is 15.9 Å². The summed E-state index contributed by atoms with van der Waals surface area (Å²) in [7, 11) is -3.35. The maximum Gasteiger partial charge on any atom is 0.251 e. The summed E-state index contributed by atoms with van der Waals surface area (Å²) in [5.74, 6) is 0.794. The van der Waals surface area contributed by atoms with Crippen LogP contribution in [0.4, 0.5) is 0 Å². The van der Waals surface area contributed by atoms with Crippen LogP contribution in [0.15, 0.2) is 20.1 Å². The van der Waals surface area contributed by atoms with E-state index in [9.17, 15) is 8.42 Å². The summed E-state index contributed by atoms with van der Waals surface area (Å²) in [4.78, 5) is 0. The fourth-order valence-electron chi connectivity index (χ4n) is 1.01. The molecule has 3 nitrogen and oxygen atoms in total. The van der Waals surface area contributed by atoms with Crippen molar-refractivity contribution < 1.29 is 8.42 Å². The molecule has 0 spiro atoms. The fourth-order valence-corrected chi connectivity index (χ4v) is 4.54. The highest BCUT2D eigenvalue weighted by Crippen LogP contribution is 2.27. The number of thiophene rings is 1. The zero-order chi connectivity index (χ0) is 12.3. The molecule has 0 radical (unpaired) electrons. The Morgan fingerprint density at radius 1 is 1.44 bits per heavy atom. The van der Waals surface area contributed by atoms with Gasteiger partial charge in [0.05, 0.1) is 0 Å². The number of hydrogen-bond donors (Lipinski definition) is 1. The highest BCUT2D eigenvalue weighted by molar-refractivity contribution is 9.10. The lowest BCUT2D eigenvalue weighted by molar-refractivity contribution is 0.415. The van der Waals surface area contributed by atoms with E-state index in [4.69, 9.17) is 0 Å². The molecule has 0 saturated heterocycles. The maximum atomic E-state index is 11.9. The third kappa shape index (κ3) is 3.55. The quantitative estimate of drug-likeness (QED) is 0.904. The average Bonchev–Trinajstić information content (AvgIpc) is 2.61. The van der Waals surface area contributed by atoms with Gasteiger partial charge >= 0.3 is 0 Å². The number of sulfonamides is 1. The summed E-state index contributed by atoms with van der Waals surface area (Å²) >= 11 is 4.45. The first-order valence-corrected chi connectivity index (χ1v) is 8.23. The summed E-state index contributed by atoms with van der Waals surface area (Å²) in [6, 6.07) is 1.74. The highest BCUT2D eigenvalue weighted by atomic mass is 79.9. The SMILES string of the molecule is CC(C)C(C)CNS(=O)(=O)c1sccc1Br. The first-order valence-electron chi connectivity index (χ1n) is 5.07. The lowest BCUT2D eigenvalue weighted by atomic mass is 9.99. The molecule has 0 aromatic carbocycles. The van der Waals surface area contributed by atoms with E-state index >= 15 is 0 Å². The van der Waals surface area contributed by atoms with Crippen LogP contribution in [0.3, 0.4) is 0 Å². The van der Waals surface area contributed by atoms with Crippen molar-refractivity contribution in [3.63, 3.8) is 0 Å². The van der Waals surface area contributed by atoms with Crippen LogP contribution in [0, 0.1) is 11.8 Å². The van der Waals surface area contributed by atoms with Gasteiger partial charge in [-0.05, 0) is 39.2 Å². The molecule has 16 heavy (non-hydrogen) atoms. The van der Waals surface area contributed by atoms with Gasteiger partial charge in [0.15, 0.2) is 0 Å². The van der Waals surface area contributed by atoms with E-state index in [1.54, 1.807) is 11.4 Å². The Kier molecular flexibility index (Phi) is 4.97. The Morgan fingerprint density at radius 2 is 2.06 bits per heavy atom. The van der Waals surface area contributed by atoms with Gasteiger partial charge in [0.25, 0.3) is 10.0 Å². The summed E-state index contributed by atoms with van der Waals surface area (Å²) < 4.78 is 27.4. The molecule has 1 heterocycles. The number of nitrogens with one attached hydrogen (secondary N) is 1. The van der Waals surface area contributed by atoms with Crippen LogP contribution in [-0.2, 0) is 10.0 Å². The Balaban J connectivity index is 2.71. The number of halogens is 1. The van der Waals surface area contributed by atoms with Crippen LogP contribution in [-0.4, -0.2) is 15.0 Å². The first kappa shape index (κ1) is 14.2. The van der Waals surface area contributed by atoms with E-state index in [0.29, 0.717) is 27.1 Å². The summed E-state index contributed by atoms with van der Waals surface area (Å²) in [6.07, 6.45) is 0. The van der Waals surface area contributed by atoms with Crippen LogP contribution in [0.25, 0.3) is 0 Å². The van der Waals surface area contributed by atoms with E-state index in [-0.39, 0.29) is 0 Å². The largest absolute Gasteiger partial charge is 0.251 e. The standard InChI is InChI=1S/C10H16BrNO2S2/c1-7(2)8(3)6-12-16(13,14)10-9(11)4-5-15-10/h4-5,7-8,12H,6H2,1-3H3. The summed E-state index contributed by atoms with van der Waals surface area (Å²) in [5, 5.41) is 1.75. The summed E-state index contributed by atoms with van der Waals surface area (Å²) in [6.45, 7) is 6.68. The van der Waals surface area contributed by atoms with Crippen LogP contribution in [0.5, 0.6) is 0 Å². The van der Waals surface area contributed by atoms with Crippen molar-refractivity contribution in [2.45, 2.75) is 25.0 Å². The molecule has 1 aromatic heterocycles. The minimum Gasteiger partial charge on any atom is -0.210 e. The second kappa shape index (κ2) is 5.62. The molecular weight excluding hydrogens is 310 g/mol. The molecule has 0 aliphatic carbocycles. The average molecular weight is 326 g/mol. The summed E-state index contributed by atoms with van der Waals surface area (Å²) in [5.41, 5.74) is 0. The molecule has 6 heteroatoms. The molecule has 1 rings (SSSR count). The van der Waals surface area contributed by atoms with Crippen molar-refractivity contribution in [2.24, 2.45) is 11.8 Å². The zero-order valence-electron chi connectivity index (χ0n) is 9.53. The van der Waals surface area contributed by atoms with Crippen molar-refractivity contribution in [3.8, 4) is 0 Å². The smallest absolute Gasteiger partial charge is 0.210 e. The second-order valence-corrected chi connectivity index (χ2v) is 7.86. The lowest BCUT2D eigenvalue weighted by Crippen LogP contribution is -2.29. The monoisotopic (exact) mass is 325 g/mol. The van der Waals surface area contributed by atoms with Crippen molar-refractivity contribution in [1.29, 1.82) is 0 Å². The van der Waals surface area contributed by atoms with Gasteiger partial charge in [0.1, 0.15) is 4.21 Å². The van der Waals surface area contributed by atoms with E-state index in [2.05, 4.69) is 34.5 Å². The molecule has 0 amide bonds. The van der Waals surface area contributed by atoms with Crippen molar-refractivity contribution in [2.75, 3.05) is 6.54 Å². The Labute approximate surface area is 109 Å². The third-order valence-corrected chi connectivity index (χ3v) is 6.66. The van der Waals surface area contributed by atoms with Crippen LogP contribution < -0.4 is 4.72 Å². The van der Waals surface area contributed by atoms with Gasteiger partial charge in [0.2, 0.25) is 0 Å². The number of hydrogen-bond acceptors (Lipinski definition) is 3. The van der Waals surface area contributed by atoms with Gasteiger partial charge < -0.3 is 0 Å². The minimum absolute atomic E-state index is 0.327. The molecule has 0 fully saturated rings. The van der Waals surface area contributed by atoms with Crippen LogP contribution in [0.2, 0.25) is 0 Å². The van der Waals surface area contributed by atoms with Crippen molar-refractivity contribution >= 4 is 37.3 Å². The fraction of sp³-hybridized carbons (Fsp3) is 0.600. The van der Waals surface area contributed by atoms with E-state index in [1.807, 2.05) is 6.92 Å². The third-order valence-electron chi connectivity index (χ3n) is 2.56. The van der Waals surface area contributed by atoms with Crippen LogP contribution >= 0.6 is 27.3 Å². The molecule has 1 atom stereocenters. The molecule has 0 aliphatic rings. The van der Waals surface area contributed by atoms with E-state index in [0.717, 1.165) is 0 Å². The molecule has 0 saturated carbocycles. The van der Waals surface area contributed by atoms with E-state index < -0.39 is 10.0 Å². The van der Waals surface area contributed by atoms with Crippen molar-refractivity contribution in [1.82, 2.24) is 4.72 Å². The Hall–Kier alpha value is 0.0900. The second-order valence-electron chi connectivity index (χ2n) is 4.13. The van der Waals surface area contributed by atoms with E-state index in [1.165, 1.54) is 11.3 Å². The molecular formula is C10H16BrNO2S2. The van der Waals surface area contributed by atoms with Crippen LogP contribution in [0.1, 0.15) is 20.8 Å².